The molecule has 1 aliphatic rings. The van der Waals surface area contributed by atoms with E-state index in [1.165, 1.54) is 6.42 Å². The van der Waals surface area contributed by atoms with Crippen molar-refractivity contribution in [3.63, 3.8) is 0 Å². The Kier molecular flexibility index (Phi) is 5.76. The van der Waals surface area contributed by atoms with Gasteiger partial charge in [0, 0.05) is 19.2 Å². The summed E-state index contributed by atoms with van der Waals surface area (Å²) in [5.74, 6) is 0.498. The SMILES string of the molecule is CC(C)C(Br)C(=O)N1CCCCC1CCO. The average molecular weight is 292 g/mol. The predicted molar refractivity (Wildman–Crippen MR) is 68.6 cm³/mol. The molecule has 0 spiro atoms. The Labute approximate surface area is 106 Å². The predicted octanol–water partition coefficient (Wildman–Crippen LogP) is 2.17. The molecule has 2 atom stereocenters. The van der Waals surface area contributed by atoms with E-state index in [9.17, 15) is 4.79 Å². The van der Waals surface area contributed by atoms with Gasteiger partial charge in [0.25, 0.3) is 0 Å². The fraction of sp³-hybridized carbons (Fsp3) is 0.917. The van der Waals surface area contributed by atoms with Crippen molar-refractivity contribution in [2.24, 2.45) is 5.92 Å². The fourth-order valence-corrected chi connectivity index (χ4v) is 2.45. The summed E-state index contributed by atoms with van der Waals surface area (Å²) in [6, 6.07) is 0.241. The standard InChI is InChI=1S/C12H22BrNO2/c1-9(2)11(13)12(16)14-7-4-3-5-10(14)6-8-15/h9-11,15H,3-8H2,1-2H3. The van der Waals surface area contributed by atoms with E-state index >= 15 is 0 Å². The minimum absolute atomic E-state index is 0.0909. The number of amides is 1. The van der Waals surface area contributed by atoms with Gasteiger partial charge in [0.15, 0.2) is 0 Å². The number of likely N-dealkylation sites (tertiary alicyclic amines) is 1. The van der Waals surface area contributed by atoms with Crippen LogP contribution in [0.1, 0.15) is 39.5 Å². The van der Waals surface area contributed by atoms with Crippen molar-refractivity contribution in [2.45, 2.75) is 50.4 Å². The highest BCUT2D eigenvalue weighted by Crippen LogP contribution is 2.24. The zero-order chi connectivity index (χ0) is 12.1. The highest BCUT2D eigenvalue weighted by Gasteiger charge is 2.31. The van der Waals surface area contributed by atoms with Crippen LogP contribution in [0.5, 0.6) is 0 Å². The molecule has 0 bridgehead atoms. The van der Waals surface area contributed by atoms with Gasteiger partial charge in [-0.2, -0.15) is 0 Å². The van der Waals surface area contributed by atoms with Crippen LogP contribution >= 0.6 is 15.9 Å². The Morgan fingerprint density at radius 2 is 2.19 bits per heavy atom. The first-order valence-electron chi connectivity index (χ1n) is 6.13. The molecule has 1 fully saturated rings. The lowest BCUT2D eigenvalue weighted by atomic mass is 9.98. The Morgan fingerprint density at radius 1 is 1.50 bits per heavy atom. The van der Waals surface area contributed by atoms with Crippen LogP contribution in [0.3, 0.4) is 0 Å². The van der Waals surface area contributed by atoms with Crippen LogP contribution in [-0.4, -0.2) is 39.9 Å². The van der Waals surface area contributed by atoms with Gasteiger partial charge in [-0.15, -0.1) is 0 Å². The number of halogens is 1. The van der Waals surface area contributed by atoms with Gasteiger partial charge < -0.3 is 10.0 Å². The third kappa shape index (κ3) is 3.45. The molecule has 0 aromatic rings. The van der Waals surface area contributed by atoms with Crippen LogP contribution < -0.4 is 0 Å². The second kappa shape index (κ2) is 6.60. The molecular formula is C12H22BrNO2. The van der Waals surface area contributed by atoms with E-state index in [1.54, 1.807) is 0 Å². The van der Waals surface area contributed by atoms with E-state index in [-0.39, 0.29) is 23.4 Å². The molecule has 1 saturated heterocycles. The molecule has 0 radical (unpaired) electrons. The molecule has 1 aliphatic heterocycles. The number of hydrogen-bond acceptors (Lipinski definition) is 2. The normalized spacial score (nSPS) is 23.6. The van der Waals surface area contributed by atoms with E-state index in [0.717, 1.165) is 19.4 Å². The third-order valence-corrected chi connectivity index (χ3v) is 4.64. The molecule has 4 heteroatoms. The summed E-state index contributed by atoms with van der Waals surface area (Å²) >= 11 is 3.47. The first-order valence-corrected chi connectivity index (χ1v) is 7.05. The Balaban J connectivity index is 2.63. The molecule has 2 unspecified atom stereocenters. The molecule has 3 nitrogen and oxygen atoms in total. The zero-order valence-electron chi connectivity index (χ0n) is 10.2. The molecule has 1 heterocycles. The van der Waals surface area contributed by atoms with Gasteiger partial charge in [-0.05, 0) is 31.6 Å². The quantitative estimate of drug-likeness (QED) is 0.807. The van der Waals surface area contributed by atoms with Gasteiger partial charge in [-0.3, -0.25) is 4.79 Å². The maximum atomic E-state index is 12.2. The fourth-order valence-electron chi connectivity index (χ4n) is 2.18. The molecule has 0 saturated carbocycles. The highest BCUT2D eigenvalue weighted by molar-refractivity contribution is 9.10. The monoisotopic (exact) mass is 291 g/mol. The van der Waals surface area contributed by atoms with Gasteiger partial charge in [0.05, 0.1) is 4.83 Å². The molecule has 94 valence electrons. The van der Waals surface area contributed by atoms with Crippen molar-refractivity contribution in [1.82, 2.24) is 4.90 Å². The Bertz CT molecular complexity index is 231. The van der Waals surface area contributed by atoms with E-state index in [2.05, 4.69) is 15.9 Å². The summed E-state index contributed by atoms with van der Waals surface area (Å²) in [6.45, 7) is 5.10. The van der Waals surface area contributed by atoms with Crippen molar-refractivity contribution in [3.05, 3.63) is 0 Å². The van der Waals surface area contributed by atoms with E-state index in [1.807, 2.05) is 18.7 Å². The third-order valence-electron chi connectivity index (χ3n) is 3.19. The van der Waals surface area contributed by atoms with E-state index in [0.29, 0.717) is 12.3 Å². The van der Waals surface area contributed by atoms with Crippen molar-refractivity contribution in [3.8, 4) is 0 Å². The molecule has 1 rings (SSSR count). The second-order valence-electron chi connectivity index (χ2n) is 4.84. The Hall–Kier alpha value is -0.0900. The molecule has 0 aliphatic carbocycles. The van der Waals surface area contributed by atoms with Gasteiger partial charge in [0.2, 0.25) is 5.91 Å². The highest BCUT2D eigenvalue weighted by atomic mass is 79.9. The number of rotatable bonds is 4. The topological polar surface area (TPSA) is 40.5 Å². The van der Waals surface area contributed by atoms with Crippen LogP contribution in [0.25, 0.3) is 0 Å². The minimum Gasteiger partial charge on any atom is -0.396 e. The smallest absolute Gasteiger partial charge is 0.236 e. The van der Waals surface area contributed by atoms with Crippen molar-refractivity contribution < 1.29 is 9.90 Å². The summed E-state index contributed by atoms with van der Waals surface area (Å²) in [7, 11) is 0. The van der Waals surface area contributed by atoms with Gasteiger partial charge in [0.1, 0.15) is 0 Å². The number of hydrogen-bond donors (Lipinski definition) is 1. The van der Waals surface area contributed by atoms with Gasteiger partial charge in [-0.25, -0.2) is 0 Å². The number of alkyl halides is 1. The minimum atomic E-state index is -0.0909. The largest absolute Gasteiger partial charge is 0.396 e. The first kappa shape index (κ1) is 14.0. The first-order chi connectivity index (χ1) is 7.57. The molecule has 1 N–H and O–H groups in total. The maximum absolute atomic E-state index is 12.2. The van der Waals surface area contributed by atoms with Crippen molar-refractivity contribution >= 4 is 21.8 Å². The summed E-state index contributed by atoms with van der Waals surface area (Å²) < 4.78 is 0. The van der Waals surface area contributed by atoms with Gasteiger partial charge >= 0.3 is 0 Å². The Morgan fingerprint density at radius 3 is 2.75 bits per heavy atom. The zero-order valence-corrected chi connectivity index (χ0v) is 11.7. The summed E-state index contributed by atoms with van der Waals surface area (Å²) in [6.07, 6.45) is 4.00. The van der Waals surface area contributed by atoms with Crippen LogP contribution in [0.2, 0.25) is 0 Å². The van der Waals surface area contributed by atoms with Crippen molar-refractivity contribution in [2.75, 3.05) is 13.2 Å². The second-order valence-corrected chi connectivity index (χ2v) is 5.83. The number of aliphatic hydroxyl groups excluding tert-OH is 1. The number of nitrogens with zero attached hydrogens (tertiary/aromatic N) is 1. The molecule has 0 aromatic heterocycles. The van der Waals surface area contributed by atoms with Gasteiger partial charge in [-0.1, -0.05) is 29.8 Å². The number of carbonyl (C=O) groups is 1. The van der Waals surface area contributed by atoms with Crippen LogP contribution in [0.4, 0.5) is 0 Å². The van der Waals surface area contributed by atoms with Crippen LogP contribution in [0.15, 0.2) is 0 Å². The van der Waals surface area contributed by atoms with Crippen LogP contribution in [0, 0.1) is 5.92 Å². The molecule has 0 aromatic carbocycles. The number of piperidine rings is 1. The molecule has 1 amide bonds. The van der Waals surface area contributed by atoms with E-state index < -0.39 is 0 Å². The lowest BCUT2D eigenvalue weighted by Crippen LogP contribution is -2.48. The summed E-state index contributed by atoms with van der Waals surface area (Å²) in [5, 5.41) is 9.02. The average Bonchev–Trinajstić information content (AvgIpc) is 2.28. The lowest BCUT2D eigenvalue weighted by Gasteiger charge is -2.37. The van der Waals surface area contributed by atoms with Crippen molar-refractivity contribution in [1.29, 1.82) is 0 Å². The summed E-state index contributed by atoms with van der Waals surface area (Å²) in [5.41, 5.74) is 0. The molecule has 16 heavy (non-hydrogen) atoms. The number of carbonyl (C=O) groups excluding carboxylic acids is 1. The molecular weight excluding hydrogens is 270 g/mol. The van der Waals surface area contributed by atoms with Crippen LogP contribution in [-0.2, 0) is 4.79 Å². The maximum Gasteiger partial charge on any atom is 0.236 e. The lowest BCUT2D eigenvalue weighted by molar-refractivity contribution is -0.135. The van der Waals surface area contributed by atoms with E-state index in [4.69, 9.17) is 5.11 Å². The summed E-state index contributed by atoms with van der Waals surface area (Å²) in [4.78, 5) is 14.1. The number of aliphatic hydroxyl groups is 1.